The molecular formula is C18H25NO3. The van der Waals surface area contributed by atoms with E-state index in [0.717, 1.165) is 12.8 Å². The quantitative estimate of drug-likeness (QED) is 0.397. The van der Waals surface area contributed by atoms with Gasteiger partial charge in [-0.15, -0.1) is 0 Å². The van der Waals surface area contributed by atoms with Gasteiger partial charge in [-0.05, 0) is 30.6 Å². The molecule has 1 saturated carbocycles. The van der Waals surface area contributed by atoms with Crippen molar-refractivity contribution in [1.82, 2.24) is 0 Å². The van der Waals surface area contributed by atoms with Crippen molar-refractivity contribution < 1.29 is 14.7 Å². The normalized spacial score (nSPS) is 26.0. The number of nitrogens with zero attached hydrogens (tertiary/aromatic N) is 1. The van der Waals surface area contributed by atoms with Gasteiger partial charge in [-0.3, -0.25) is 0 Å². The van der Waals surface area contributed by atoms with E-state index in [0.29, 0.717) is 23.3 Å². The first kappa shape index (κ1) is 16.5. The summed E-state index contributed by atoms with van der Waals surface area (Å²) >= 11 is 0. The van der Waals surface area contributed by atoms with E-state index >= 15 is 0 Å². The lowest BCUT2D eigenvalue weighted by Gasteiger charge is -2.36. The number of hydrogen-bond donors (Lipinski definition) is 1. The summed E-state index contributed by atoms with van der Waals surface area (Å²) in [5.74, 6) is 0.852. The average Bonchev–Trinajstić information content (AvgIpc) is 2.48. The third-order valence-corrected chi connectivity index (χ3v) is 4.56. The zero-order valence-corrected chi connectivity index (χ0v) is 13.5. The van der Waals surface area contributed by atoms with Crippen LogP contribution in [-0.2, 0) is 9.53 Å². The molecule has 1 N–H and O–H groups in total. The Morgan fingerprint density at radius 1 is 1.27 bits per heavy atom. The van der Waals surface area contributed by atoms with E-state index in [2.05, 4.69) is 25.9 Å². The zero-order chi connectivity index (χ0) is 16.1. The van der Waals surface area contributed by atoms with Gasteiger partial charge in [-0.25, -0.2) is 4.79 Å². The fraction of sp³-hybridized carbons (Fsp3) is 0.556. The van der Waals surface area contributed by atoms with Gasteiger partial charge in [-0.2, -0.15) is 0 Å². The van der Waals surface area contributed by atoms with Gasteiger partial charge in [0.2, 0.25) is 0 Å². The predicted molar refractivity (Wildman–Crippen MR) is 86.0 cm³/mol. The largest absolute Gasteiger partial charge is 0.457 e. The summed E-state index contributed by atoms with van der Waals surface area (Å²) in [7, 11) is 0. The average molecular weight is 303 g/mol. The first-order valence-electron chi connectivity index (χ1n) is 8.01. The van der Waals surface area contributed by atoms with Crippen LogP contribution < -0.4 is 0 Å². The molecule has 0 saturated heterocycles. The Kier molecular flexibility index (Phi) is 5.58. The molecule has 4 nitrogen and oxygen atoms in total. The van der Waals surface area contributed by atoms with Crippen molar-refractivity contribution in [2.24, 2.45) is 22.9 Å². The lowest BCUT2D eigenvalue weighted by Crippen LogP contribution is -2.37. The summed E-state index contributed by atoms with van der Waals surface area (Å²) in [6.45, 7) is 6.52. The highest BCUT2D eigenvalue weighted by molar-refractivity contribution is 6.43. The molecule has 0 aliphatic heterocycles. The Morgan fingerprint density at radius 2 is 1.95 bits per heavy atom. The monoisotopic (exact) mass is 303 g/mol. The Hall–Kier alpha value is -1.84. The summed E-state index contributed by atoms with van der Waals surface area (Å²) in [5, 5.41) is 12.3. The highest BCUT2D eigenvalue weighted by Gasteiger charge is 2.34. The molecule has 0 amide bonds. The zero-order valence-electron chi connectivity index (χ0n) is 13.5. The van der Waals surface area contributed by atoms with Crippen LogP contribution in [0.3, 0.4) is 0 Å². The molecule has 120 valence electrons. The van der Waals surface area contributed by atoms with Crippen molar-refractivity contribution in [3.05, 3.63) is 35.9 Å². The molecule has 0 bridgehead atoms. The van der Waals surface area contributed by atoms with Crippen molar-refractivity contribution in [1.29, 1.82) is 0 Å². The maximum atomic E-state index is 12.4. The van der Waals surface area contributed by atoms with Gasteiger partial charge >= 0.3 is 5.97 Å². The van der Waals surface area contributed by atoms with Crippen molar-refractivity contribution >= 4 is 11.7 Å². The Bertz CT molecular complexity index is 524. The van der Waals surface area contributed by atoms with Gasteiger partial charge in [0.05, 0.1) is 0 Å². The molecule has 0 aromatic heterocycles. The van der Waals surface area contributed by atoms with Crippen LogP contribution in [0.5, 0.6) is 0 Å². The number of ether oxygens (including phenoxy) is 1. The third kappa shape index (κ3) is 3.87. The molecular weight excluding hydrogens is 278 g/mol. The van der Waals surface area contributed by atoms with Crippen LogP contribution in [-0.4, -0.2) is 23.0 Å². The smallest absolute Gasteiger partial charge is 0.361 e. The van der Waals surface area contributed by atoms with Gasteiger partial charge in [0, 0.05) is 5.56 Å². The van der Waals surface area contributed by atoms with Crippen LogP contribution in [0.1, 0.15) is 45.6 Å². The van der Waals surface area contributed by atoms with E-state index in [1.54, 1.807) is 24.3 Å². The molecule has 0 radical (unpaired) electrons. The van der Waals surface area contributed by atoms with Crippen molar-refractivity contribution in [2.75, 3.05) is 0 Å². The van der Waals surface area contributed by atoms with E-state index < -0.39 is 5.97 Å². The van der Waals surface area contributed by atoms with Gasteiger partial charge in [0.25, 0.3) is 0 Å². The molecule has 0 spiro atoms. The minimum Gasteiger partial charge on any atom is -0.457 e. The molecule has 1 fully saturated rings. The molecule has 1 aliphatic rings. The number of rotatable bonds is 4. The van der Waals surface area contributed by atoms with E-state index in [-0.39, 0.29) is 11.8 Å². The summed E-state index contributed by atoms with van der Waals surface area (Å²) in [4.78, 5) is 12.4. The number of carbonyl (C=O) groups excluding carboxylic acids is 1. The van der Waals surface area contributed by atoms with Crippen LogP contribution >= 0.6 is 0 Å². The molecule has 1 aromatic rings. The third-order valence-electron chi connectivity index (χ3n) is 4.56. The minimum atomic E-state index is -0.543. The fourth-order valence-electron chi connectivity index (χ4n) is 3.26. The van der Waals surface area contributed by atoms with Crippen LogP contribution in [0.25, 0.3) is 0 Å². The summed E-state index contributed by atoms with van der Waals surface area (Å²) < 4.78 is 5.71. The SMILES string of the molecule is CC(C)C1CC[C@@H](C)CC1OC(=O)C(=NO)c1ccccc1. The van der Waals surface area contributed by atoms with Crippen molar-refractivity contribution in [3.8, 4) is 0 Å². The molecule has 1 aromatic carbocycles. The second-order valence-corrected chi connectivity index (χ2v) is 6.58. The maximum Gasteiger partial charge on any atom is 0.361 e. The fourth-order valence-corrected chi connectivity index (χ4v) is 3.26. The summed E-state index contributed by atoms with van der Waals surface area (Å²) in [6.07, 6.45) is 3.03. The first-order valence-corrected chi connectivity index (χ1v) is 8.01. The molecule has 4 heteroatoms. The number of carbonyl (C=O) groups is 1. The van der Waals surface area contributed by atoms with Gasteiger partial charge in [0.1, 0.15) is 6.10 Å². The first-order chi connectivity index (χ1) is 10.5. The van der Waals surface area contributed by atoms with E-state index in [4.69, 9.17) is 4.74 Å². The topological polar surface area (TPSA) is 58.9 Å². The summed E-state index contributed by atoms with van der Waals surface area (Å²) in [6, 6.07) is 8.92. The van der Waals surface area contributed by atoms with E-state index in [9.17, 15) is 10.0 Å². The van der Waals surface area contributed by atoms with Crippen LogP contribution in [0.15, 0.2) is 35.5 Å². The number of hydrogen-bond acceptors (Lipinski definition) is 4. The van der Waals surface area contributed by atoms with Gasteiger partial charge in [0.15, 0.2) is 5.71 Å². The minimum absolute atomic E-state index is 0.0265. The van der Waals surface area contributed by atoms with Gasteiger partial charge < -0.3 is 9.94 Å². The Balaban J connectivity index is 2.12. The predicted octanol–water partition coefficient (Wildman–Crippen LogP) is 3.87. The lowest BCUT2D eigenvalue weighted by atomic mass is 9.75. The molecule has 3 atom stereocenters. The number of oxime groups is 1. The second-order valence-electron chi connectivity index (χ2n) is 6.58. The van der Waals surface area contributed by atoms with Crippen molar-refractivity contribution in [2.45, 2.75) is 46.1 Å². The Morgan fingerprint density at radius 3 is 2.55 bits per heavy atom. The summed E-state index contributed by atoms with van der Waals surface area (Å²) in [5.41, 5.74) is 0.543. The highest BCUT2D eigenvalue weighted by Crippen LogP contribution is 2.35. The lowest BCUT2D eigenvalue weighted by molar-refractivity contribution is -0.147. The van der Waals surface area contributed by atoms with Crippen LogP contribution in [0.2, 0.25) is 0 Å². The molecule has 2 unspecified atom stereocenters. The Labute approximate surface area is 132 Å². The number of esters is 1. The molecule has 22 heavy (non-hydrogen) atoms. The molecule has 0 heterocycles. The highest BCUT2D eigenvalue weighted by atomic mass is 16.5. The second kappa shape index (κ2) is 7.43. The van der Waals surface area contributed by atoms with Gasteiger partial charge in [-0.1, -0.05) is 62.7 Å². The maximum absolute atomic E-state index is 12.4. The van der Waals surface area contributed by atoms with Crippen molar-refractivity contribution in [3.63, 3.8) is 0 Å². The van der Waals surface area contributed by atoms with Crippen LogP contribution in [0, 0.1) is 17.8 Å². The van der Waals surface area contributed by atoms with E-state index in [1.807, 2.05) is 6.07 Å². The molecule has 1 aliphatic carbocycles. The number of benzene rings is 1. The van der Waals surface area contributed by atoms with Crippen LogP contribution in [0.4, 0.5) is 0 Å². The molecule has 2 rings (SSSR count). The van der Waals surface area contributed by atoms with E-state index in [1.165, 1.54) is 6.42 Å². The standard InChI is InChI=1S/C18H25NO3/c1-12(2)15-10-9-13(3)11-16(15)22-18(20)17(19-21)14-7-5-4-6-8-14/h4-8,12-13,15-16,21H,9-11H2,1-3H3/t13-,15?,16?/m1/s1.